The number of aromatic nitrogens is 1. The molecule has 2 aliphatic carbocycles. The van der Waals surface area contributed by atoms with E-state index in [-0.39, 0.29) is 5.97 Å². The number of anilines is 1. The van der Waals surface area contributed by atoms with Gasteiger partial charge in [0.15, 0.2) is 10.8 Å². The van der Waals surface area contributed by atoms with Gasteiger partial charge in [-0.3, -0.25) is 0 Å². The minimum absolute atomic E-state index is 0.345. The van der Waals surface area contributed by atoms with Gasteiger partial charge in [-0.25, -0.2) is 9.78 Å². The Morgan fingerprint density at radius 2 is 2.05 bits per heavy atom. The fraction of sp³-hybridized carbons (Fsp3) is 0.714. The summed E-state index contributed by atoms with van der Waals surface area (Å²) in [4.78, 5) is 16.8. The summed E-state index contributed by atoms with van der Waals surface area (Å²) in [5.41, 5.74) is 0.449. The van der Waals surface area contributed by atoms with Crippen LogP contribution in [0.2, 0.25) is 0 Å². The number of esters is 1. The molecule has 2 aliphatic rings. The fourth-order valence-electron chi connectivity index (χ4n) is 2.73. The van der Waals surface area contributed by atoms with Crippen molar-refractivity contribution in [2.24, 2.45) is 17.8 Å². The molecule has 0 amide bonds. The van der Waals surface area contributed by atoms with Crippen molar-refractivity contribution in [3.63, 3.8) is 0 Å². The number of hydrogen-bond acceptors (Lipinski definition) is 5. The Morgan fingerprint density at radius 3 is 2.58 bits per heavy atom. The smallest absolute Gasteiger partial charge is 0.357 e. The van der Waals surface area contributed by atoms with Gasteiger partial charge < -0.3 is 10.1 Å². The molecule has 1 aromatic rings. The zero-order chi connectivity index (χ0) is 13.4. The van der Waals surface area contributed by atoms with E-state index in [2.05, 4.69) is 10.3 Å². The Bertz CT molecular complexity index is 466. The average Bonchev–Trinajstić information content (AvgIpc) is 3.29. The Kier molecular flexibility index (Phi) is 3.48. The molecule has 3 rings (SSSR count). The predicted molar refractivity (Wildman–Crippen MR) is 75.6 cm³/mol. The highest BCUT2D eigenvalue weighted by Gasteiger charge is 2.41. The van der Waals surface area contributed by atoms with Gasteiger partial charge in [0.25, 0.3) is 0 Å². The normalized spacial score (nSPS) is 18.7. The quantitative estimate of drug-likeness (QED) is 0.814. The third-order valence-corrected chi connectivity index (χ3v) is 5.05. The average molecular weight is 280 g/mol. The van der Waals surface area contributed by atoms with Crippen LogP contribution in [0.1, 0.15) is 41.0 Å². The molecule has 0 unspecified atom stereocenters. The lowest BCUT2D eigenvalue weighted by atomic mass is 9.98. The van der Waals surface area contributed by atoms with E-state index in [1.165, 1.54) is 32.8 Å². The van der Waals surface area contributed by atoms with Gasteiger partial charge in [-0.1, -0.05) is 0 Å². The van der Waals surface area contributed by atoms with Crippen molar-refractivity contribution in [1.82, 2.24) is 4.98 Å². The number of nitrogens with one attached hydrogen (secondary N) is 1. The minimum atomic E-state index is -0.345. The Labute approximate surface area is 117 Å². The summed E-state index contributed by atoms with van der Waals surface area (Å²) in [5, 5.41) is 4.28. The minimum Gasteiger partial charge on any atom is -0.464 e. The second-order valence-electron chi connectivity index (χ2n) is 5.64. The van der Waals surface area contributed by atoms with Crippen LogP contribution in [0.15, 0.2) is 0 Å². The molecule has 0 radical (unpaired) electrons. The second-order valence-corrected chi connectivity index (χ2v) is 6.84. The molecule has 0 aliphatic heterocycles. The molecule has 1 N–H and O–H groups in total. The lowest BCUT2D eigenvalue weighted by molar-refractivity contribution is 0.0594. The molecule has 0 atom stereocenters. The molecule has 0 aromatic carbocycles. The molecule has 0 bridgehead atoms. The van der Waals surface area contributed by atoms with Gasteiger partial charge in [0.05, 0.1) is 7.11 Å². The molecule has 4 nitrogen and oxygen atoms in total. The zero-order valence-electron chi connectivity index (χ0n) is 11.4. The van der Waals surface area contributed by atoms with Gasteiger partial charge in [0.1, 0.15) is 0 Å². The highest BCUT2D eigenvalue weighted by molar-refractivity contribution is 7.15. The first-order chi connectivity index (χ1) is 9.19. The molecular weight excluding hydrogens is 260 g/mol. The zero-order valence-corrected chi connectivity index (χ0v) is 12.3. The molecule has 19 heavy (non-hydrogen) atoms. The van der Waals surface area contributed by atoms with Gasteiger partial charge >= 0.3 is 5.97 Å². The number of nitrogens with zero attached hydrogens (tertiary/aromatic N) is 1. The van der Waals surface area contributed by atoms with Crippen LogP contribution in [0.4, 0.5) is 5.13 Å². The molecule has 0 spiro atoms. The molecule has 1 aromatic heterocycles. The predicted octanol–water partition coefficient (Wildman–Crippen LogP) is 3.09. The van der Waals surface area contributed by atoms with Crippen LogP contribution in [-0.2, 0) is 4.74 Å². The summed E-state index contributed by atoms with van der Waals surface area (Å²) in [6.45, 7) is 2.91. The van der Waals surface area contributed by atoms with E-state index in [1.807, 2.05) is 6.92 Å². The third-order valence-electron chi connectivity index (χ3n) is 4.12. The first-order valence-corrected chi connectivity index (χ1v) is 7.80. The number of thiazole rings is 1. The van der Waals surface area contributed by atoms with Crippen LogP contribution >= 0.6 is 11.3 Å². The maximum atomic E-state index is 11.5. The highest BCUT2D eigenvalue weighted by Crippen LogP contribution is 2.49. The standard InChI is InChI=1S/C14H20N2O2S/c1-8-12(13(17)18-2)16-14(19-8)15-7-11(9-3-4-9)10-5-6-10/h9-11H,3-7H2,1-2H3,(H,15,16). The maximum absolute atomic E-state index is 11.5. The van der Waals surface area contributed by atoms with Gasteiger partial charge in [0.2, 0.25) is 0 Å². The van der Waals surface area contributed by atoms with Crippen LogP contribution in [0.25, 0.3) is 0 Å². The molecular formula is C14H20N2O2S. The number of carbonyl (C=O) groups excluding carboxylic acids is 1. The summed E-state index contributed by atoms with van der Waals surface area (Å²) in [6.07, 6.45) is 5.58. The van der Waals surface area contributed by atoms with E-state index in [0.29, 0.717) is 5.69 Å². The maximum Gasteiger partial charge on any atom is 0.357 e. The first kappa shape index (κ1) is 12.9. The molecule has 1 heterocycles. The van der Waals surface area contributed by atoms with Crippen molar-refractivity contribution in [2.75, 3.05) is 19.0 Å². The molecule has 2 saturated carbocycles. The number of methoxy groups -OCH3 is 1. The summed E-state index contributed by atoms with van der Waals surface area (Å²) in [6, 6.07) is 0. The summed E-state index contributed by atoms with van der Waals surface area (Å²) in [5.74, 6) is 2.33. The van der Waals surface area contributed by atoms with E-state index < -0.39 is 0 Å². The van der Waals surface area contributed by atoms with Crippen molar-refractivity contribution in [3.05, 3.63) is 10.6 Å². The lowest BCUT2D eigenvalue weighted by Gasteiger charge is -2.15. The number of hydrogen-bond donors (Lipinski definition) is 1. The van der Waals surface area contributed by atoms with Gasteiger partial charge in [-0.05, 0) is 50.4 Å². The molecule has 2 fully saturated rings. The largest absolute Gasteiger partial charge is 0.464 e. The second kappa shape index (κ2) is 5.12. The summed E-state index contributed by atoms with van der Waals surface area (Å²) < 4.78 is 4.73. The summed E-state index contributed by atoms with van der Waals surface area (Å²) in [7, 11) is 1.39. The Balaban J connectivity index is 1.61. The van der Waals surface area contributed by atoms with Gasteiger partial charge in [0, 0.05) is 11.4 Å². The van der Waals surface area contributed by atoms with Crippen LogP contribution < -0.4 is 5.32 Å². The number of ether oxygens (including phenoxy) is 1. The van der Waals surface area contributed by atoms with Crippen molar-refractivity contribution >= 4 is 22.4 Å². The van der Waals surface area contributed by atoms with Crippen LogP contribution in [0.5, 0.6) is 0 Å². The van der Waals surface area contributed by atoms with Crippen molar-refractivity contribution in [2.45, 2.75) is 32.6 Å². The lowest BCUT2D eigenvalue weighted by Crippen LogP contribution is -2.18. The van der Waals surface area contributed by atoms with Crippen LogP contribution in [0.3, 0.4) is 0 Å². The molecule has 5 heteroatoms. The van der Waals surface area contributed by atoms with E-state index in [9.17, 15) is 4.79 Å². The van der Waals surface area contributed by atoms with Crippen molar-refractivity contribution < 1.29 is 9.53 Å². The third kappa shape index (κ3) is 2.91. The molecule has 104 valence electrons. The van der Waals surface area contributed by atoms with Crippen molar-refractivity contribution in [1.29, 1.82) is 0 Å². The number of rotatable bonds is 6. The SMILES string of the molecule is COC(=O)c1nc(NCC(C2CC2)C2CC2)sc1C. The van der Waals surface area contributed by atoms with Gasteiger partial charge in [-0.15, -0.1) is 11.3 Å². The molecule has 0 saturated heterocycles. The highest BCUT2D eigenvalue weighted by atomic mass is 32.1. The topological polar surface area (TPSA) is 51.2 Å². The Morgan fingerprint density at radius 1 is 1.42 bits per heavy atom. The monoisotopic (exact) mass is 280 g/mol. The number of carbonyl (C=O) groups is 1. The van der Waals surface area contributed by atoms with Crippen LogP contribution in [0, 0.1) is 24.7 Å². The Hall–Kier alpha value is -1.10. The van der Waals surface area contributed by atoms with E-state index >= 15 is 0 Å². The number of aryl methyl sites for hydroxylation is 1. The van der Waals surface area contributed by atoms with Crippen molar-refractivity contribution in [3.8, 4) is 0 Å². The van der Waals surface area contributed by atoms with Gasteiger partial charge in [-0.2, -0.15) is 0 Å². The van der Waals surface area contributed by atoms with E-state index in [4.69, 9.17) is 4.74 Å². The van der Waals surface area contributed by atoms with E-state index in [0.717, 1.165) is 34.3 Å². The fourth-order valence-corrected chi connectivity index (χ4v) is 3.54. The summed E-state index contributed by atoms with van der Waals surface area (Å²) >= 11 is 1.54. The first-order valence-electron chi connectivity index (χ1n) is 6.98. The van der Waals surface area contributed by atoms with E-state index in [1.54, 1.807) is 11.3 Å². The van der Waals surface area contributed by atoms with Crippen LogP contribution in [-0.4, -0.2) is 24.6 Å².